The number of rotatable bonds is 3. The maximum absolute atomic E-state index is 11.7. The third-order valence-electron chi connectivity index (χ3n) is 2.30. The Morgan fingerprint density at radius 1 is 1.56 bits per heavy atom. The molecule has 0 saturated heterocycles. The highest BCUT2D eigenvalue weighted by Crippen LogP contribution is 2.21. The summed E-state index contributed by atoms with van der Waals surface area (Å²) in [6.45, 7) is 2.33. The lowest BCUT2D eigenvalue weighted by Gasteiger charge is -2.06. The van der Waals surface area contributed by atoms with Gasteiger partial charge in [-0.3, -0.25) is 10.00 Å². The van der Waals surface area contributed by atoms with Crippen molar-refractivity contribution in [3.8, 4) is 0 Å². The average Bonchev–Trinajstić information content (AvgIpc) is 2.83. The number of aryl methyl sites for hydroxylation is 2. The van der Waals surface area contributed by atoms with Crippen molar-refractivity contribution in [2.45, 2.75) is 13.5 Å². The Kier molecular flexibility index (Phi) is 3.88. The number of hydrogen-bond donors (Lipinski definition) is 2. The lowest BCUT2D eigenvalue weighted by molar-refractivity contribution is 0.251. The SMILES string of the molecule is Cc1cc(NC(=O)NCc2ccc(Cl)s2)n(C)n1. The van der Waals surface area contributed by atoms with Crippen molar-refractivity contribution in [3.05, 3.63) is 33.1 Å². The third-order valence-corrected chi connectivity index (χ3v) is 3.53. The molecule has 2 aromatic heterocycles. The van der Waals surface area contributed by atoms with Crippen LogP contribution in [0.3, 0.4) is 0 Å². The summed E-state index contributed by atoms with van der Waals surface area (Å²) in [5.74, 6) is 0.661. The number of amides is 2. The van der Waals surface area contributed by atoms with Gasteiger partial charge in [0.25, 0.3) is 0 Å². The van der Waals surface area contributed by atoms with E-state index in [2.05, 4.69) is 15.7 Å². The molecule has 2 amide bonds. The Hall–Kier alpha value is -1.53. The fourth-order valence-electron chi connectivity index (χ4n) is 1.50. The van der Waals surface area contributed by atoms with Gasteiger partial charge in [-0.2, -0.15) is 5.10 Å². The maximum Gasteiger partial charge on any atom is 0.320 e. The lowest BCUT2D eigenvalue weighted by Crippen LogP contribution is -2.28. The molecular formula is C11H13ClN4OS. The van der Waals surface area contributed by atoms with Crippen LogP contribution >= 0.6 is 22.9 Å². The third kappa shape index (κ3) is 3.24. The van der Waals surface area contributed by atoms with Gasteiger partial charge in [0.1, 0.15) is 5.82 Å². The van der Waals surface area contributed by atoms with E-state index >= 15 is 0 Å². The monoisotopic (exact) mass is 284 g/mol. The van der Waals surface area contributed by atoms with Gasteiger partial charge in [-0.15, -0.1) is 11.3 Å². The smallest absolute Gasteiger partial charge is 0.320 e. The molecule has 0 fully saturated rings. The Morgan fingerprint density at radius 3 is 2.89 bits per heavy atom. The Labute approximate surface area is 114 Å². The van der Waals surface area contributed by atoms with E-state index in [1.54, 1.807) is 11.7 Å². The standard InChI is InChI=1S/C11H13ClN4OS/c1-7-5-10(16(2)15-7)14-11(17)13-6-8-3-4-9(12)18-8/h3-5H,6H2,1-2H3,(H2,13,14,17). The molecule has 0 aliphatic heterocycles. The Bertz CT molecular complexity index is 563. The molecular weight excluding hydrogens is 272 g/mol. The number of nitrogens with one attached hydrogen (secondary N) is 2. The van der Waals surface area contributed by atoms with Crippen molar-refractivity contribution in [1.29, 1.82) is 0 Å². The zero-order chi connectivity index (χ0) is 13.1. The Morgan fingerprint density at radius 2 is 2.33 bits per heavy atom. The molecule has 0 aliphatic rings. The highest BCUT2D eigenvalue weighted by molar-refractivity contribution is 7.16. The summed E-state index contributed by atoms with van der Waals surface area (Å²) in [7, 11) is 1.78. The lowest BCUT2D eigenvalue weighted by atomic mass is 10.4. The fourth-order valence-corrected chi connectivity index (χ4v) is 2.53. The zero-order valence-corrected chi connectivity index (χ0v) is 11.6. The van der Waals surface area contributed by atoms with Gasteiger partial charge in [-0.25, -0.2) is 4.79 Å². The van der Waals surface area contributed by atoms with E-state index in [0.717, 1.165) is 14.9 Å². The number of carbonyl (C=O) groups excluding carboxylic acids is 1. The normalized spacial score (nSPS) is 10.4. The van der Waals surface area contributed by atoms with Crippen molar-refractivity contribution in [1.82, 2.24) is 15.1 Å². The van der Waals surface area contributed by atoms with Crippen LogP contribution in [0.15, 0.2) is 18.2 Å². The number of aromatic nitrogens is 2. The highest BCUT2D eigenvalue weighted by Gasteiger charge is 2.07. The molecule has 96 valence electrons. The number of thiophene rings is 1. The molecule has 0 aliphatic carbocycles. The molecule has 18 heavy (non-hydrogen) atoms. The highest BCUT2D eigenvalue weighted by atomic mass is 35.5. The van der Waals surface area contributed by atoms with Crippen LogP contribution in [-0.4, -0.2) is 15.8 Å². The first kappa shape index (κ1) is 12.9. The first-order chi connectivity index (χ1) is 8.54. The molecule has 0 bridgehead atoms. The minimum atomic E-state index is -0.262. The summed E-state index contributed by atoms with van der Waals surface area (Å²) in [4.78, 5) is 12.7. The molecule has 0 atom stereocenters. The first-order valence-electron chi connectivity index (χ1n) is 5.34. The van der Waals surface area contributed by atoms with Crippen LogP contribution in [0.4, 0.5) is 10.6 Å². The quantitative estimate of drug-likeness (QED) is 0.910. The second kappa shape index (κ2) is 5.41. The van der Waals surface area contributed by atoms with Crippen LogP contribution < -0.4 is 10.6 Å². The fraction of sp³-hybridized carbons (Fsp3) is 0.273. The summed E-state index contributed by atoms with van der Waals surface area (Å²) in [6.07, 6.45) is 0. The first-order valence-corrected chi connectivity index (χ1v) is 6.54. The molecule has 2 rings (SSSR count). The van der Waals surface area contributed by atoms with Crippen LogP contribution in [0.2, 0.25) is 4.34 Å². The molecule has 2 aromatic rings. The van der Waals surface area contributed by atoms with Crippen LogP contribution in [-0.2, 0) is 13.6 Å². The van der Waals surface area contributed by atoms with E-state index in [1.807, 2.05) is 25.1 Å². The summed E-state index contributed by atoms with van der Waals surface area (Å²) in [5.41, 5.74) is 0.859. The van der Waals surface area contributed by atoms with Crippen molar-refractivity contribution in [2.75, 3.05) is 5.32 Å². The van der Waals surface area contributed by atoms with Crippen molar-refractivity contribution >= 4 is 34.8 Å². The van der Waals surface area contributed by atoms with Crippen molar-refractivity contribution in [3.63, 3.8) is 0 Å². The van der Waals surface area contributed by atoms with E-state index < -0.39 is 0 Å². The number of nitrogens with zero attached hydrogens (tertiary/aromatic N) is 2. The predicted molar refractivity (Wildman–Crippen MR) is 73.1 cm³/mol. The van der Waals surface area contributed by atoms with E-state index in [-0.39, 0.29) is 6.03 Å². The largest absolute Gasteiger partial charge is 0.333 e. The molecule has 0 aromatic carbocycles. The van der Waals surface area contributed by atoms with Crippen LogP contribution in [0.5, 0.6) is 0 Å². The van der Waals surface area contributed by atoms with E-state index in [4.69, 9.17) is 11.6 Å². The zero-order valence-electron chi connectivity index (χ0n) is 10.0. The molecule has 0 unspecified atom stereocenters. The molecule has 2 N–H and O–H groups in total. The number of hydrogen-bond acceptors (Lipinski definition) is 3. The van der Waals surface area contributed by atoms with Gasteiger partial charge in [0.2, 0.25) is 0 Å². The van der Waals surface area contributed by atoms with E-state index in [9.17, 15) is 4.79 Å². The minimum Gasteiger partial charge on any atom is -0.333 e. The van der Waals surface area contributed by atoms with Crippen LogP contribution in [0, 0.1) is 6.92 Å². The molecule has 5 nitrogen and oxygen atoms in total. The summed E-state index contributed by atoms with van der Waals surface area (Å²) < 4.78 is 2.34. The second-order valence-corrected chi connectivity index (χ2v) is 5.61. The molecule has 0 radical (unpaired) electrons. The number of halogens is 1. The second-order valence-electron chi connectivity index (χ2n) is 3.81. The molecule has 0 spiro atoms. The molecule has 2 heterocycles. The van der Waals surface area contributed by atoms with Crippen LogP contribution in [0.1, 0.15) is 10.6 Å². The topological polar surface area (TPSA) is 59.0 Å². The molecule has 0 saturated carbocycles. The van der Waals surface area contributed by atoms with Crippen molar-refractivity contribution < 1.29 is 4.79 Å². The van der Waals surface area contributed by atoms with E-state index in [1.165, 1.54) is 11.3 Å². The van der Waals surface area contributed by atoms with Gasteiger partial charge in [-0.1, -0.05) is 11.6 Å². The van der Waals surface area contributed by atoms with Gasteiger partial charge in [0.15, 0.2) is 0 Å². The van der Waals surface area contributed by atoms with Gasteiger partial charge >= 0.3 is 6.03 Å². The maximum atomic E-state index is 11.7. The van der Waals surface area contributed by atoms with Gasteiger partial charge < -0.3 is 5.32 Å². The predicted octanol–water partition coefficient (Wildman–Crippen LogP) is 2.77. The Balaban J connectivity index is 1.87. The van der Waals surface area contributed by atoms with Gasteiger partial charge in [0, 0.05) is 18.0 Å². The molecule has 7 heteroatoms. The number of anilines is 1. The average molecular weight is 285 g/mol. The summed E-state index contributed by atoms with van der Waals surface area (Å²) in [5, 5.41) is 9.63. The van der Waals surface area contributed by atoms with Crippen molar-refractivity contribution in [2.24, 2.45) is 7.05 Å². The van der Waals surface area contributed by atoms with Gasteiger partial charge in [-0.05, 0) is 19.1 Å². The summed E-state index contributed by atoms with van der Waals surface area (Å²) in [6, 6.07) is 5.25. The minimum absolute atomic E-state index is 0.262. The number of urea groups is 1. The number of carbonyl (C=O) groups is 1. The van der Waals surface area contributed by atoms with E-state index in [0.29, 0.717) is 12.4 Å². The van der Waals surface area contributed by atoms with Gasteiger partial charge in [0.05, 0.1) is 16.6 Å². The van der Waals surface area contributed by atoms with Crippen LogP contribution in [0.25, 0.3) is 0 Å². The summed E-state index contributed by atoms with van der Waals surface area (Å²) >= 11 is 7.26.